The van der Waals surface area contributed by atoms with Crippen molar-refractivity contribution < 1.29 is 18.7 Å². The molecule has 0 heterocycles. The minimum Gasteiger partial charge on any atom is -0.449 e. The zero-order valence-corrected chi connectivity index (χ0v) is 14.6. The first-order chi connectivity index (χ1) is 11.9. The van der Waals surface area contributed by atoms with Crippen LogP contribution in [0.2, 0.25) is 0 Å². The van der Waals surface area contributed by atoms with Crippen molar-refractivity contribution >= 4 is 17.6 Å². The van der Waals surface area contributed by atoms with Crippen LogP contribution >= 0.6 is 0 Å². The number of nitrogens with one attached hydrogen (secondary N) is 1. The van der Waals surface area contributed by atoms with Crippen molar-refractivity contribution in [3.8, 4) is 0 Å². The van der Waals surface area contributed by atoms with Crippen LogP contribution in [-0.4, -0.2) is 18.0 Å². The zero-order chi connectivity index (χ0) is 18.4. The molecule has 132 valence electrons. The first kappa shape index (κ1) is 18.6. The standard InChI is InChI=1S/C20H22FNO3/c1-4-13(2)15-9-6-8-12-18(15)22-19(23)14(3)25-20(24)16-10-5-7-11-17(16)21/h5-14H,4H2,1-3H3,(H,22,23). The molecule has 0 spiro atoms. The molecular weight excluding hydrogens is 321 g/mol. The van der Waals surface area contributed by atoms with Crippen molar-refractivity contribution in [2.75, 3.05) is 5.32 Å². The molecule has 1 N–H and O–H groups in total. The molecule has 0 saturated carbocycles. The molecule has 4 nitrogen and oxygen atoms in total. The van der Waals surface area contributed by atoms with Gasteiger partial charge >= 0.3 is 5.97 Å². The van der Waals surface area contributed by atoms with E-state index in [-0.39, 0.29) is 11.5 Å². The fraction of sp³-hybridized carbons (Fsp3) is 0.300. The van der Waals surface area contributed by atoms with E-state index < -0.39 is 23.8 Å². The van der Waals surface area contributed by atoms with Gasteiger partial charge in [-0.25, -0.2) is 9.18 Å². The summed E-state index contributed by atoms with van der Waals surface area (Å²) < 4.78 is 18.7. The Morgan fingerprint density at radius 2 is 1.72 bits per heavy atom. The fourth-order valence-electron chi connectivity index (χ4n) is 2.40. The number of amides is 1. The van der Waals surface area contributed by atoms with Gasteiger partial charge in [-0.05, 0) is 43.0 Å². The Bertz CT molecular complexity index is 760. The van der Waals surface area contributed by atoms with Gasteiger partial charge in [0.25, 0.3) is 5.91 Å². The topological polar surface area (TPSA) is 55.4 Å². The van der Waals surface area contributed by atoms with Gasteiger partial charge in [0.05, 0.1) is 5.56 Å². The minimum absolute atomic E-state index is 0.192. The molecule has 2 aromatic carbocycles. The number of hydrogen-bond donors (Lipinski definition) is 1. The normalized spacial score (nSPS) is 13.0. The average Bonchev–Trinajstić information content (AvgIpc) is 2.61. The third kappa shape index (κ3) is 4.66. The monoisotopic (exact) mass is 343 g/mol. The minimum atomic E-state index is -1.04. The third-order valence-corrected chi connectivity index (χ3v) is 4.11. The number of halogens is 1. The number of hydrogen-bond acceptors (Lipinski definition) is 3. The summed E-state index contributed by atoms with van der Waals surface area (Å²) in [5.74, 6) is -1.72. The van der Waals surface area contributed by atoms with E-state index in [1.54, 1.807) is 0 Å². The van der Waals surface area contributed by atoms with Crippen molar-refractivity contribution in [1.82, 2.24) is 0 Å². The molecular formula is C20H22FNO3. The zero-order valence-electron chi connectivity index (χ0n) is 14.6. The van der Waals surface area contributed by atoms with Crippen molar-refractivity contribution in [1.29, 1.82) is 0 Å². The van der Waals surface area contributed by atoms with Crippen LogP contribution in [0.5, 0.6) is 0 Å². The quantitative estimate of drug-likeness (QED) is 0.785. The van der Waals surface area contributed by atoms with Gasteiger partial charge in [-0.1, -0.05) is 44.2 Å². The molecule has 0 aliphatic carbocycles. The Kier molecular flexibility index (Phi) is 6.28. The number of para-hydroxylation sites is 1. The molecule has 0 bridgehead atoms. The number of esters is 1. The van der Waals surface area contributed by atoms with E-state index in [0.29, 0.717) is 5.69 Å². The second-order valence-electron chi connectivity index (χ2n) is 5.91. The van der Waals surface area contributed by atoms with E-state index in [2.05, 4.69) is 19.2 Å². The molecule has 0 aromatic heterocycles. The highest BCUT2D eigenvalue weighted by Crippen LogP contribution is 2.26. The molecule has 2 rings (SSSR count). The molecule has 0 fully saturated rings. The summed E-state index contributed by atoms with van der Waals surface area (Å²) in [5, 5.41) is 2.79. The first-order valence-electron chi connectivity index (χ1n) is 8.29. The maximum Gasteiger partial charge on any atom is 0.341 e. The highest BCUT2D eigenvalue weighted by atomic mass is 19.1. The summed E-state index contributed by atoms with van der Waals surface area (Å²) in [5.41, 5.74) is 1.52. The van der Waals surface area contributed by atoms with Crippen LogP contribution in [0.3, 0.4) is 0 Å². The number of rotatable bonds is 6. The second kappa shape index (κ2) is 8.42. The van der Waals surface area contributed by atoms with Gasteiger partial charge in [0.2, 0.25) is 0 Å². The Hall–Kier alpha value is -2.69. The summed E-state index contributed by atoms with van der Waals surface area (Å²) in [4.78, 5) is 24.4. The summed E-state index contributed by atoms with van der Waals surface area (Å²) in [6.07, 6.45) is -0.109. The number of benzene rings is 2. The van der Waals surface area contributed by atoms with Gasteiger partial charge in [0, 0.05) is 5.69 Å². The van der Waals surface area contributed by atoms with Crippen LogP contribution in [0.25, 0.3) is 0 Å². The summed E-state index contributed by atoms with van der Waals surface area (Å²) in [6.45, 7) is 5.61. The molecule has 0 aliphatic rings. The van der Waals surface area contributed by atoms with Crippen molar-refractivity contribution in [2.45, 2.75) is 39.2 Å². The van der Waals surface area contributed by atoms with Crippen molar-refractivity contribution in [2.24, 2.45) is 0 Å². The number of carbonyl (C=O) groups excluding carboxylic acids is 2. The van der Waals surface area contributed by atoms with Crippen molar-refractivity contribution in [3.63, 3.8) is 0 Å². The van der Waals surface area contributed by atoms with Gasteiger partial charge in [-0.3, -0.25) is 4.79 Å². The summed E-state index contributed by atoms with van der Waals surface area (Å²) in [6, 6.07) is 13.0. The van der Waals surface area contributed by atoms with E-state index in [1.807, 2.05) is 24.3 Å². The molecule has 0 radical (unpaired) electrons. The molecule has 1 amide bonds. The van der Waals surface area contributed by atoms with E-state index in [9.17, 15) is 14.0 Å². The van der Waals surface area contributed by atoms with E-state index >= 15 is 0 Å². The SMILES string of the molecule is CCC(C)c1ccccc1NC(=O)C(C)OC(=O)c1ccccc1F. The molecule has 25 heavy (non-hydrogen) atoms. The molecule has 5 heteroatoms. The highest BCUT2D eigenvalue weighted by Gasteiger charge is 2.22. The predicted octanol–water partition coefficient (Wildman–Crippen LogP) is 4.52. The lowest BCUT2D eigenvalue weighted by Gasteiger charge is -2.18. The van der Waals surface area contributed by atoms with Gasteiger partial charge in [0.1, 0.15) is 5.82 Å². The van der Waals surface area contributed by atoms with Crippen molar-refractivity contribution in [3.05, 3.63) is 65.5 Å². The molecule has 2 unspecified atom stereocenters. The van der Waals surface area contributed by atoms with E-state index in [4.69, 9.17) is 4.74 Å². The molecule has 2 aromatic rings. The number of anilines is 1. The maximum absolute atomic E-state index is 13.6. The van der Waals surface area contributed by atoms with Gasteiger partial charge in [-0.15, -0.1) is 0 Å². The lowest BCUT2D eigenvalue weighted by molar-refractivity contribution is -0.123. The fourth-order valence-corrected chi connectivity index (χ4v) is 2.40. The Morgan fingerprint density at radius 3 is 2.40 bits per heavy atom. The maximum atomic E-state index is 13.6. The Labute approximate surface area is 147 Å². The van der Waals surface area contributed by atoms with Crippen LogP contribution < -0.4 is 5.32 Å². The number of carbonyl (C=O) groups is 2. The van der Waals surface area contributed by atoms with Crippen LogP contribution in [0.1, 0.15) is 49.0 Å². The lowest BCUT2D eigenvalue weighted by Crippen LogP contribution is -2.30. The predicted molar refractivity (Wildman–Crippen MR) is 95.1 cm³/mol. The molecule has 0 saturated heterocycles. The third-order valence-electron chi connectivity index (χ3n) is 4.11. The van der Waals surface area contributed by atoms with Crippen LogP contribution in [0, 0.1) is 5.82 Å². The highest BCUT2D eigenvalue weighted by molar-refractivity contribution is 5.97. The van der Waals surface area contributed by atoms with Gasteiger partial charge in [0.15, 0.2) is 6.10 Å². The van der Waals surface area contributed by atoms with Gasteiger partial charge in [-0.2, -0.15) is 0 Å². The summed E-state index contributed by atoms with van der Waals surface area (Å²) in [7, 11) is 0. The molecule has 2 atom stereocenters. The smallest absolute Gasteiger partial charge is 0.341 e. The first-order valence-corrected chi connectivity index (χ1v) is 8.29. The largest absolute Gasteiger partial charge is 0.449 e. The van der Waals surface area contributed by atoms with E-state index in [0.717, 1.165) is 12.0 Å². The molecule has 0 aliphatic heterocycles. The summed E-state index contributed by atoms with van der Waals surface area (Å²) >= 11 is 0. The Balaban J connectivity index is 2.06. The lowest BCUT2D eigenvalue weighted by atomic mass is 9.97. The Morgan fingerprint density at radius 1 is 1.08 bits per heavy atom. The average molecular weight is 343 g/mol. The van der Waals surface area contributed by atoms with Crippen LogP contribution in [-0.2, 0) is 9.53 Å². The van der Waals surface area contributed by atoms with Crippen LogP contribution in [0.15, 0.2) is 48.5 Å². The second-order valence-corrected chi connectivity index (χ2v) is 5.91. The van der Waals surface area contributed by atoms with E-state index in [1.165, 1.54) is 31.2 Å². The number of ether oxygens (including phenoxy) is 1. The van der Waals surface area contributed by atoms with Crippen LogP contribution in [0.4, 0.5) is 10.1 Å². The van der Waals surface area contributed by atoms with Gasteiger partial charge < -0.3 is 10.1 Å².